The molecule has 68 heavy (non-hydrogen) atoms. The highest BCUT2D eigenvalue weighted by atomic mass is 16.5. The maximum absolute atomic E-state index is 15.3. The van der Waals surface area contributed by atoms with Gasteiger partial charge in [-0.3, -0.25) is 39.1 Å². The molecule has 10 heterocycles. The molecule has 2 aliphatic carbocycles. The molecule has 8 bridgehead atoms. The van der Waals surface area contributed by atoms with E-state index >= 15 is 4.79 Å². The summed E-state index contributed by atoms with van der Waals surface area (Å²) in [5, 5.41) is 5.86. The number of carbonyl (C=O) groups is 3. The van der Waals surface area contributed by atoms with E-state index in [1.54, 1.807) is 13.4 Å². The predicted octanol–water partition coefficient (Wildman–Crippen LogP) is 5.58. The average Bonchev–Trinajstić information content (AvgIpc) is 3.56. The van der Waals surface area contributed by atoms with Gasteiger partial charge in [-0.1, -0.05) is 19.9 Å². The SMILES string of the molecule is CO[C@@H](C)c1ncccc1-c1c2c3cc(ccc3n1C1CN(C3CC3)C1)-c1coc(n1)[C@@H](N1CC3(CCCN3C)C1)[C@H](NC(=O)C13CC(C1)[C@H](C)O3)C(=O)N1CCC[C@H](N1)C(=O)OCC(C)(C)C2. The minimum Gasteiger partial charge on any atom is -0.464 e. The molecule has 1 spiro atoms. The number of benzene rings is 1. The van der Waals surface area contributed by atoms with E-state index in [0.29, 0.717) is 75.3 Å². The molecular weight excluding hydrogens is 863 g/mol. The smallest absolute Gasteiger partial charge is 0.324 e. The van der Waals surface area contributed by atoms with E-state index in [4.69, 9.17) is 28.6 Å². The average molecular weight is 930 g/mol. The Morgan fingerprint density at radius 2 is 1.84 bits per heavy atom. The fraction of sp³-hybridized carbons (Fsp3) is 0.635. The van der Waals surface area contributed by atoms with Crippen LogP contribution in [0.25, 0.3) is 33.4 Å². The third kappa shape index (κ3) is 7.33. The number of nitrogens with zero attached hydrogens (tertiary/aromatic N) is 7. The van der Waals surface area contributed by atoms with E-state index in [2.05, 4.69) is 75.2 Å². The molecule has 2 amide bonds. The van der Waals surface area contributed by atoms with Gasteiger partial charge in [-0.25, -0.2) is 10.4 Å². The highest BCUT2D eigenvalue weighted by molar-refractivity contribution is 5.96. The van der Waals surface area contributed by atoms with Crippen molar-refractivity contribution in [1.82, 2.24) is 45.0 Å². The lowest BCUT2D eigenvalue weighted by Crippen LogP contribution is -2.71. The van der Waals surface area contributed by atoms with Crippen LogP contribution in [0.3, 0.4) is 0 Å². The Kier molecular flexibility index (Phi) is 10.8. The van der Waals surface area contributed by atoms with Crippen LogP contribution in [-0.2, 0) is 35.0 Å². The number of cyclic esters (lactones) is 1. The van der Waals surface area contributed by atoms with Crippen LogP contribution in [-0.4, -0.2) is 147 Å². The van der Waals surface area contributed by atoms with Gasteiger partial charge < -0.3 is 28.5 Å². The van der Waals surface area contributed by atoms with E-state index in [1.165, 1.54) is 17.9 Å². The lowest BCUT2D eigenvalue weighted by atomic mass is 9.72. The van der Waals surface area contributed by atoms with Gasteiger partial charge in [0.15, 0.2) is 0 Å². The summed E-state index contributed by atoms with van der Waals surface area (Å²) in [6.07, 6.45) is 10.9. The van der Waals surface area contributed by atoms with Crippen LogP contribution in [0.1, 0.15) is 114 Å². The van der Waals surface area contributed by atoms with Crippen LogP contribution in [0.15, 0.2) is 47.2 Å². The molecule has 0 unspecified atom stereocenters. The van der Waals surface area contributed by atoms with E-state index in [9.17, 15) is 9.59 Å². The van der Waals surface area contributed by atoms with E-state index < -0.39 is 35.1 Å². The summed E-state index contributed by atoms with van der Waals surface area (Å²) in [6.45, 7) is 13.2. The van der Waals surface area contributed by atoms with Gasteiger partial charge in [0.1, 0.15) is 35.7 Å². The monoisotopic (exact) mass is 930 g/mol. The van der Waals surface area contributed by atoms with Crippen molar-refractivity contribution in [2.75, 3.05) is 60.0 Å². The van der Waals surface area contributed by atoms with Gasteiger partial charge in [-0.05, 0) is 121 Å². The van der Waals surface area contributed by atoms with Gasteiger partial charge in [0.05, 0.1) is 36.2 Å². The summed E-state index contributed by atoms with van der Waals surface area (Å²) in [5.74, 6) is -0.375. The number of likely N-dealkylation sites (N-methyl/N-ethyl adjacent to an activating group) is 1. The number of hydrogen-bond acceptors (Lipinski definition) is 13. The molecule has 1 aromatic carbocycles. The van der Waals surface area contributed by atoms with Crippen molar-refractivity contribution < 1.29 is 33.0 Å². The lowest BCUT2D eigenvalue weighted by Gasteiger charge is -2.55. The number of rotatable bonds is 8. The molecular formula is C52H67N9O7. The van der Waals surface area contributed by atoms with Gasteiger partial charge >= 0.3 is 5.97 Å². The molecule has 6 saturated heterocycles. The van der Waals surface area contributed by atoms with Gasteiger partial charge in [0.2, 0.25) is 5.89 Å². The first kappa shape index (κ1) is 44.5. The maximum atomic E-state index is 15.3. The first-order chi connectivity index (χ1) is 32.7. The van der Waals surface area contributed by atoms with Crippen molar-refractivity contribution in [3.63, 3.8) is 0 Å². The standard InChI is InChI=1S/C52H67N9O7/c1-30-33-21-52(22-33,68-30)49(64)55-43-45(59-27-51(28-59)16-9-18-57(51)5)46-54-40(26-66-46)32-12-15-41-37(20-32)38(23-50(3,4)29-67-48(63)39-11-8-19-60(56-39)47(43)62)44(36-10-7-17-53-42(36)31(2)65-6)61(41)35-24-58(25-35)34-13-14-34/h7,10,12,15,17,20,26,30-31,33-35,39,43,45,56H,8-9,11,13-14,16,18-19,21-25,27-29H2,1-6H3,(H,55,64)/t30-,31-,33?,39-,43-,45-,52?/m0/s1. The molecule has 362 valence electrons. The molecule has 2 saturated carbocycles. The number of oxazole rings is 1. The molecule has 8 fully saturated rings. The molecule has 3 aromatic heterocycles. The van der Waals surface area contributed by atoms with Crippen molar-refractivity contribution in [1.29, 1.82) is 0 Å². The Hall–Kier alpha value is -4.71. The second kappa shape index (κ2) is 16.4. The highest BCUT2D eigenvalue weighted by Crippen LogP contribution is 2.53. The molecule has 16 nitrogen and oxygen atoms in total. The number of nitrogens with one attached hydrogen (secondary N) is 2. The van der Waals surface area contributed by atoms with E-state index in [0.717, 1.165) is 71.5 Å². The number of pyridine rings is 1. The lowest BCUT2D eigenvalue weighted by molar-refractivity contribution is -0.159. The number of esters is 1. The van der Waals surface area contributed by atoms with Crippen molar-refractivity contribution in [3.8, 4) is 22.5 Å². The Morgan fingerprint density at radius 3 is 2.56 bits per heavy atom. The number of hydrazine groups is 1. The van der Waals surface area contributed by atoms with Crippen LogP contribution in [0.4, 0.5) is 0 Å². The minimum atomic E-state index is -1.10. The Labute approximate surface area is 398 Å². The number of ether oxygens (including phenoxy) is 3. The van der Waals surface area contributed by atoms with Crippen LogP contribution in [0.2, 0.25) is 0 Å². The van der Waals surface area contributed by atoms with Gasteiger partial charge in [-0.2, -0.15) is 0 Å². The molecule has 9 aliphatic rings. The highest BCUT2D eigenvalue weighted by Gasteiger charge is 2.62. The number of hydrogen-bond donors (Lipinski definition) is 2. The van der Waals surface area contributed by atoms with Gasteiger partial charge in [-0.15, -0.1) is 0 Å². The number of aromatic nitrogens is 3. The summed E-state index contributed by atoms with van der Waals surface area (Å²) in [7, 11) is 3.90. The van der Waals surface area contributed by atoms with E-state index in [1.807, 2.05) is 26.1 Å². The first-order valence-electron chi connectivity index (χ1n) is 25.3. The number of methoxy groups -OCH3 is 1. The van der Waals surface area contributed by atoms with E-state index in [-0.39, 0.29) is 42.2 Å². The molecule has 7 aliphatic heterocycles. The van der Waals surface area contributed by atoms with Crippen molar-refractivity contribution in [3.05, 3.63) is 59.9 Å². The largest absolute Gasteiger partial charge is 0.464 e. The normalized spacial score (nSPS) is 31.3. The Morgan fingerprint density at radius 1 is 1.03 bits per heavy atom. The van der Waals surface area contributed by atoms with Crippen molar-refractivity contribution in [2.45, 2.75) is 139 Å². The minimum absolute atomic E-state index is 0.0298. The summed E-state index contributed by atoms with van der Waals surface area (Å²) < 4.78 is 27.7. The number of likely N-dealkylation sites (tertiary alicyclic amines) is 3. The third-order valence-electron chi connectivity index (χ3n) is 17.2. The predicted molar refractivity (Wildman–Crippen MR) is 253 cm³/mol. The van der Waals surface area contributed by atoms with Crippen molar-refractivity contribution >= 4 is 28.7 Å². The van der Waals surface area contributed by atoms with Crippen LogP contribution >= 0.6 is 0 Å². The maximum Gasteiger partial charge on any atom is 0.324 e. The zero-order valence-corrected chi connectivity index (χ0v) is 40.5. The van der Waals surface area contributed by atoms with Gasteiger partial charge in [0.25, 0.3) is 11.8 Å². The molecule has 4 aromatic rings. The number of carbonyl (C=O) groups excluding carboxylic acids is 3. The van der Waals surface area contributed by atoms with Crippen LogP contribution in [0.5, 0.6) is 0 Å². The second-order valence-corrected chi connectivity index (χ2v) is 22.5. The molecule has 5 atom stereocenters. The quantitative estimate of drug-likeness (QED) is 0.211. The van der Waals surface area contributed by atoms with Crippen molar-refractivity contribution in [2.24, 2.45) is 11.3 Å². The zero-order valence-electron chi connectivity index (χ0n) is 40.5. The fourth-order valence-electron chi connectivity index (χ4n) is 12.9. The zero-order chi connectivity index (χ0) is 46.9. The van der Waals surface area contributed by atoms with Crippen LogP contribution in [0, 0.1) is 11.3 Å². The molecule has 2 N–H and O–H groups in total. The second-order valence-electron chi connectivity index (χ2n) is 22.5. The number of fused-ring (bicyclic) bond motifs is 7. The van der Waals surface area contributed by atoms with Gasteiger partial charge in [0, 0.05) is 85.1 Å². The summed E-state index contributed by atoms with van der Waals surface area (Å²) in [4.78, 5) is 61.6. The summed E-state index contributed by atoms with van der Waals surface area (Å²) in [5.41, 5.74) is 8.57. The summed E-state index contributed by atoms with van der Waals surface area (Å²) in [6, 6.07) is 9.08. The summed E-state index contributed by atoms with van der Waals surface area (Å²) >= 11 is 0. The molecule has 0 radical (unpaired) electrons. The Balaban J connectivity index is 1.01. The first-order valence-corrected chi connectivity index (χ1v) is 25.3. The number of amides is 2. The fourth-order valence-corrected chi connectivity index (χ4v) is 12.9. The van der Waals surface area contributed by atoms with Crippen LogP contribution < -0.4 is 10.7 Å². The molecule has 13 rings (SSSR count). The molecule has 16 heteroatoms. The Bertz CT molecular complexity index is 2640. The topological polar surface area (TPSA) is 160 Å². The third-order valence-corrected chi connectivity index (χ3v) is 17.2.